The quantitative estimate of drug-likeness (QED) is 0.598. The Bertz CT molecular complexity index is 836. The molecule has 1 aromatic heterocycles. The fraction of sp³-hybridized carbons (Fsp3) is 0.682. The Morgan fingerprint density at radius 2 is 1.58 bits per heavy atom. The Balaban J connectivity index is 2.14. The summed E-state index contributed by atoms with van der Waals surface area (Å²) < 4.78 is 18.8. The van der Waals surface area contributed by atoms with Gasteiger partial charge in [0, 0.05) is 26.2 Å². The third kappa shape index (κ3) is 4.62. The van der Waals surface area contributed by atoms with Crippen molar-refractivity contribution >= 4 is 0 Å². The summed E-state index contributed by atoms with van der Waals surface area (Å²) in [5.41, 5.74) is 0.811. The molecule has 9 heteroatoms. The Labute approximate surface area is 185 Å². The molecule has 0 bridgehead atoms. The zero-order valence-electron chi connectivity index (χ0n) is 19.9. The van der Waals surface area contributed by atoms with Crippen LogP contribution in [0.2, 0.25) is 0 Å². The Morgan fingerprint density at radius 1 is 0.968 bits per heavy atom. The van der Waals surface area contributed by atoms with Crippen molar-refractivity contribution in [1.82, 2.24) is 30.0 Å². The maximum absolute atomic E-state index is 5.64. The summed E-state index contributed by atoms with van der Waals surface area (Å²) in [7, 11) is 4.90. The van der Waals surface area contributed by atoms with Gasteiger partial charge in [0.1, 0.15) is 0 Å². The normalized spacial score (nSPS) is 16.9. The molecule has 0 N–H and O–H groups in total. The van der Waals surface area contributed by atoms with Crippen molar-refractivity contribution in [3.8, 4) is 17.2 Å². The third-order valence-electron chi connectivity index (χ3n) is 6.40. The van der Waals surface area contributed by atoms with Gasteiger partial charge in [-0.15, -0.1) is 5.10 Å². The predicted octanol–water partition coefficient (Wildman–Crippen LogP) is 2.57. The lowest BCUT2D eigenvalue weighted by Gasteiger charge is -2.39. The minimum atomic E-state index is -0.205. The molecule has 31 heavy (non-hydrogen) atoms. The lowest BCUT2D eigenvalue weighted by atomic mass is 9.98. The van der Waals surface area contributed by atoms with Gasteiger partial charge < -0.3 is 19.1 Å². The number of aromatic nitrogens is 4. The monoisotopic (exact) mass is 432 g/mol. The summed E-state index contributed by atoms with van der Waals surface area (Å²) in [6.07, 6.45) is 0.913. The highest BCUT2D eigenvalue weighted by Crippen LogP contribution is 2.42. The van der Waals surface area contributed by atoms with Crippen LogP contribution in [0.15, 0.2) is 12.1 Å². The summed E-state index contributed by atoms with van der Waals surface area (Å²) in [6, 6.07) is 3.89. The minimum absolute atomic E-state index is 0.131. The molecule has 1 aliphatic rings. The van der Waals surface area contributed by atoms with Gasteiger partial charge in [-0.05, 0) is 54.9 Å². The van der Waals surface area contributed by atoms with Crippen LogP contribution in [0.3, 0.4) is 0 Å². The van der Waals surface area contributed by atoms with Crippen LogP contribution in [-0.2, 0) is 5.54 Å². The second-order valence-corrected chi connectivity index (χ2v) is 8.45. The fourth-order valence-corrected chi connectivity index (χ4v) is 4.07. The van der Waals surface area contributed by atoms with Crippen molar-refractivity contribution in [2.45, 2.75) is 45.7 Å². The van der Waals surface area contributed by atoms with E-state index in [2.05, 4.69) is 53.0 Å². The van der Waals surface area contributed by atoms with Crippen LogP contribution in [0.1, 0.15) is 51.5 Å². The van der Waals surface area contributed by atoms with Crippen LogP contribution in [0, 0.1) is 0 Å². The molecule has 172 valence electrons. The first-order valence-electron chi connectivity index (χ1n) is 10.9. The van der Waals surface area contributed by atoms with E-state index in [4.69, 9.17) is 14.2 Å². The summed E-state index contributed by atoms with van der Waals surface area (Å²) >= 11 is 0. The first kappa shape index (κ1) is 23.3. The maximum atomic E-state index is 5.64. The van der Waals surface area contributed by atoms with Crippen LogP contribution < -0.4 is 14.2 Å². The molecule has 9 nitrogen and oxygen atoms in total. The van der Waals surface area contributed by atoms with Gasteiger partial charge in [0.05, 0.1) is 32.9 Å². The number of nitrogens with zero attached hydrogens (tertiary/aromatic N) is 6. The molecule has 2 aromatic rings. The molecule has 0 saturated carbocycles. The number of hydrogen-bond donors (Lipinski definition) is 0. The van der Waals surface area contributed by atoms with Gasteiger partial charge in [0.25, 0.3) is 0 Å². The van der Waals surface area contributed by atoms with E-state index in [0.717, 1.165) is 50.5 Å². The molecule has 1 fully saturated rings. The zero-order valence-corrected chi connectivity index (χ0v) is 19.9. The van der Waals surface area contributed by atoms with Gasteiger partial charge in [0.2, 0.25) is 5.75 Å². The van der Waals surface area contributed by atoms with Crippen LogP contribution in [0.25, 0.3) is 0 Å². The molecule has 1 aromatic carbocycles. The van der Waals surface area contributed by atoms with E-state index in [0.29, 0.717) is 17.2 Å². The third-order valence-corrected chi connectivity index (χ3v) is 6.40. The summed E-state index contributed by atoms with van der Waals surface area (Å²) in [6.45, 7) is 13.6. The molecule has 0 aliphatic carbocycles. The second-order valence-electron chi connectivity index (χ2n) is 8.45. The van der Waals surface area contributed by atoms with E-state index in [1.807, 2.05) is 16.8 Å². The van der Waals surface area contributed by atoms with Crippen LogP contribution in [-0.4, -0.2) is 84.1 Å². The summed E-state index contributed by atoms with van der Waals surface area (Å²) in [5, 5.41) is 13.0. The Hall–Kier alpha value is -2.39. The van der Waals surface area contributed by atoms with E-state index in [9.17, 15) is 0 Å². The molecule has 0 radical (unpaired) electrons. The van der Waals surface area contributed by atoms with Gasteiger partial charge >= 0.3 is 0 Å². The van der Waals surface area contributed by atoms with Crippen molar-refractivity contribution in [3.63, 3.8) is 0 Å². The number of methoxy groups -OCH3 is 3. The number of hydrogen-bond acceptors (Lipinski definition) is 8. The molecule has 1 atom stereocenters. The van der Waals surface area contributed by atoms with Crippen molar-refractivity contribution in [2.75, 3.05) is 54.1 Å². The van der Waals surface area contributed by atoms with Gasteiger partial charge in [-0.3, -0.25) is 4.90 Å². The largest absolute Gasteiger partial charge is 0.493 e. The highest BCUT2D eigenvalue weighted by Gasteiger charge is 2.35. The highest BCUT2D eigenvalue weighted by molar-refractivity contribution is 5.55. The highest BCUT2D eigenvalue weighted by atomic mass is 16.5. The zero-order chi connectivity index (χ0) is 22.6. The second kappa shape index (κ2) is 9.82. The molecule has 1 aliphatic heterocycles. The minimum Gasteiger partial charge on any atom is -0.493 e. The lowest BCUT2D eigenvalue weighted by Crippen LogP contribution is -2.48. The predicted molar refractivity (Wildman–Crippen MR) is 119 cm³/mol. The van der Waals surface area contributed by atoms with Gasteiger partial charge in [0.15, 0.2) is 17.3 Å². The Morgan fingerprint density at radius 3 is 2.06 bits per heavy atom. The number of ether oxygens (including phenoxy) is 3. The number of piperazine rings is 1. The van der Waals surface area contributed by atoms with E-state index >= 15 is 0 Å². The molecule has 0 amide bonds. The molecule has 0 unspecified atom stereocenters. The SMILES string of the molecule is CCN1CCN([C@H](c2cc(OC)c(OC)c(OC)c2)c2nnnn2C(C)(C)CC)CC1. The van der Waals surface area contributed by atoms with Crippen molar-refractivity contribution in [1.29, 1.82) is 0 Å². The first-order chi connectivity index (χ1) is 14.9. The molecule has 2 heterocycles. The maximum Gasteiger partial charge on any atom is 0.203 e. The van der Waals surface area contributed by atoms with Gasteiger partial charge in [-0.25, -0.2) is 4.68 Å². The molecule has 0 spiro atoms. The molecule has 3 rings (SSSR count). The van der Waals surface area contributed by atoms with Gasteiger partial charge in [-0.2, -0.15) is 0 Å². The molecular weight excluding hydrogens is 396 g/mol. The van der Waals surface area contributed by atoms with Crippen molar-refractivity contribution in [3.05, 3.63) is 23.5 Å². The molecular formula is C22H36N6O3. The number of rotatable bonds is 9. The number of benzene rings is 1. The topological polar surface area (TPSA) is 77.8 Å². The lowest BCUT2D eigenvalue weighted by molar-refractivity contribution is 0.105. The molecule has 1 saturated heterocycles. The summed E-state index contributed by atoms with van der Waals surface area (Å²) in [4.78, 5) is 4.91. The van der Waals surface area contributed by atoms with Crippen molar-refractivity contribution < 1.29 is 14.2 Å². The van der Waals surface area contributed by atoms with Crippen molar-refractivity contribution in [2.24, 2.45) is 0 Å². The number of likely N-dealkylation sites (N-methyl/N-ethyl adjacent to an activating group) is 1. The Kier molecular flexibility index (Phi) is 7.38. The average Bonchev–Trinajstić information content (AvgIpc) is 3.29. The van der Waals surface area contributed by atoms with Crippen LogP contribution >= 0.6 is 0 Å². The average molecular weight is 433 g/mol. The van der Waals surface area contributed by atoms with Gasteiger partial charge in [-0.1, -0.05) is 13.8 Å². The van der Waals surface area contributed by atoms with E-state index in [1.165, 1.54) is 0 Å². The van der Waals surface area contributed by atoms with Crippen LogP contribution in [0.4, 0.5) is 0 Å². The van der Waals surface area contributed by atoms with E-state index in [-0.39, 0.29) is 11.6 Å². The van der Waals surface area contributed by atoms with E-state index < -0.39 is 0 Å². The smallest absolute Gasteiger partial charge is 0.203 e. The summed E-state index contributed by atoms with van der Waals surface area (Å²) in [5.74, 6) is 2.66. The first-order valence-corrected chi connectivity index (χ1v) is 10.9. The van der Waals surface area contributed by atoms with E-state index in [1.54, 1.807) is 21.3 Å². The number of tetrazole rings is 1. The van der Waals surface area contributed by atoms with Crippen LogP contribution in [0.5, 0.6) is 17.2 Å². The fourth-order valence-electron chi connectivity index (χ4n) is 4.07. The standard InChI is InChI=1S/C22H36N6O3/c1-8-22(3,4)28-21(23-24-25-28)19(27-12-10-26(9-2)11-13-27)16-14-17(29-5)20(31-7)18(15-16)30-6/h14-15,19H,8-13H2,1-7H3/t19-/m1/s1.